The second kappa shape index (κ2) is 6.77. The molecule has 1 unspecified atom stereocenters. The van der Waals surface area contributed by atoms with E-state index in [9.17, 15) is 0 Å². The zero-order valence-corrected chi connectivity index (χ0v) is 13.7. The molecule has 0 aliphatic rings. The summed E-state index contributed by atoms with van der Waals surface area (Å²) in [6.07, 6.45) is 1.05. The molecule has 2 aromatic carbocycles. The Morgan fingerprint density at radius 3 is 2.05 bits per heavy atom. The van der Waals surface area contributed by atoms with E-state index in [4.69, 9.17) is 4.74 Å². The number of ether oxygens (including phenoxy) is 1. The highest BCUT2D eigenvalue weighted by Gasteiger charge is 2.07. The zero-order valence-electron chi connectivity index (χ0n) is 13.7. The number of methoxy groups -OCH3 is 1. The number of likely N-dealkylation sites (N-methyl/N-ethyl adjacent to an activating group) is 1. The molecule has 0 heterocycles. The van der Waals surface area contributed by atoms with E-state index in [1.807, 2.05) is 7.05 Å². The molecule has 0 saturated carbocycles. The maximum atomic E-state index is 5.43. The summed E-state index contributed by atoms with van der Waals surface area (Å²) < 4.78 is 5.43. The lowest BCUT2D eigenvalue weighted by molar-refractivity contribution is 0.408. The van der Waals surface area contributed by atoms with Crippen molar-refractivity contribution in [2.45, 2.75) is 33.2 Å². The maximum Gasteiger partial charge on any atom is 0.124 e. The van der Waals surface area contributed by atoms with Gasteiger partial charge in [0.05, 0.1) is 7.11 Å². The first kappa shape index (κ1) is 15.6. The number of rotatable bonds is 5. The molecule has 0 radical (unpaired) electrons. The number of hydrogen-bond acceptors (Lipinski definition) is 2. The summed E-state index contributed by atoms with van der Waals surface area (Å²) in [7, 11) is 3.73. The fourth-order valence-electron chi connectivity index (χ4n) is 2.73. The zero-order chi connectivity index (χ0) is 15.4. The summed E-state index contributed by atoms with van der Waals surface area (Å²) in [5.74, 6) is 0.984. The Kier molecular flexibility index (Phi) is 5.03. The van der Waals surface area contributed by atoms with E-state index in [-0.39, 0.29) is 0 Å². The number of hydrogen-bond donors (Lipinski definition) is 1. The molecule has 1 atom stereocenters. The number of benzene rings is 2. The Hall–Kier alpha value is -1.80. The van der Waals surface area contributed by atoms with Gasteiger partial charge in [-0.3, -0.25) is 0 Å². The van der Waals surface area contributed by atoms with Crippen molar-refractivity contribution in [1.82, 2.24) is 5.32 Å². The van der Waals surface area contributed by atoms with Crippen molar-refractivity contribution in [3.8, 4) is 16.9 Å². The van der Waals surface area contributed by atoms with E-state index in [2.05, 4.69) is 62.5 Å². The van der Waals surface area contributed by atoms with E-state index in [0.29, 0.717) is 6.04 Å². The van der Waals surface area contributed by atoms with Gasteiger partial charge < -0.3 is 10.1 Å². The molecule has 2 heteroatoms. The Labute approximate surface area is 128 Å². The first-order chi connectivity index (χ1) is 10.0. The van der Waals surface area contributed by atoms with Gasteiger partial charge in [0.1, 0.15) is 5.75 Å². The van der Waals surface area contributed by atoms with Crippen LogP contribution >= 0.6 is 0 Å². The Balaban J connectivity index is 2.27. The van der Waals surface area contributed by atoms with Crippen molar-refractivity contribution in [2.24, 2.45) is 0 Å². The first-order valence-corrected chi connectivity index (χ1v) is 7.47. The van der Waals surface area contributed by atoms with Crippen LogP contribution in [0, 0.1) is 13.8 Å². The highest BCUT2D eigenvalue weighted by Crippen LogP contribution is 2.30. The first-order valence-electron chi connectivity index (χ1n) is 7.47. The third-order valence-corrected chi connectivity index (χ3v) is 3.99. The lowest BCUT2D eigenvalue weighted by Crippen LogP contribution is -2.23. The largest absolute Gasteiger partial charge is 0.496 e. The summed E-state index contributed by atoms with van der Waals surface area (Å²) in [5, 5.41) is 3.27. The van der Waals surface area contributed by atoms with Gasteiger partial charge in [0.15, 0.2) is 0 Å². The molecule has 2 nitrogen and oxygen atoms in total. The Morgan fingerprint density at radius 2 is 1.57 bits per heavy atom. The third kappa shape index (κ3) is 3.64. The number of nitrogens with one attached hydrogen (secondary N) is 1. The minimum Gasteiger partial charge on any atom is -0.496 e. The van der Waals surface area contributed by atoms with Gasteiger partial charge in [0.25, 0.3) is 0 Å². The van der Waals surface area contributed by atoms with Crippen molar-refractivity contribution < 1.29 is 4.74 Å². The van der Waals surface area contributed by atoms with Gasteiger partial charge in [-0.2, -0.15) is 0 Å². The smallest absolute Gasteiger partial charge is 0.124 e. The van der Waals surface area contributed by atoms with Crippen LogP contribution in [0.15, 0.2) is 36.4 Å². The van der Waals surface area contributed by atoms with Gasteiger partial charge in [0.2, 0.25) is 0 Å². The molecule has 0 fully saturated rings. The van der Waals surface area contributed by atoms with Crippen molar-refractivity contribution in [3.63, 3.8) is 0 Å². The van der Waals surface area contributed by atoms with Crippen LogP contribution < -0.4 is 10.1 Å². The molecule has 0 saturated heterocycles. The van der Waals surface area contributed by atoms with Crippen LogP contribution in [-0.4, -0.2) is 20.2 Å². The van der Waals surface area contributed by atoms with Crippen LogP contribution in [0.5, 0.6) is 5.75 Å². The molecule has 0 aliphatic carbocycles. The Morgan fingerprint density at radius 1 is 1.00 bits per heavy atom. The second-order valence-corrected chi connectivity index (χ2v) is 5.73. The van der Waals surface area contributed by atoms with E-state index in [0.717, 1.165) is 12.2 Å². The standard InChI is InChI=1S/C19H25NO/c1-13-10-18(11-14(2)19(13)21-5)17-8-6-16(7-9-17)12-15(3)20-4/h6-11,15,20H,12H2,1-5H3. The molecule has 0 aliphatic heterocycles. The highest BCUT2D eigenvalue weighted by atomic mass is 16.5. The minimum absolute atomic E-state index is 0.501. The molecule has 1 N–H and O–H groups in total. The number of aryl methyl sites for hydroxylation is 2. The molecule has 112 valence electrons. The quantitative estimate of drug-likeness (QED) is 0.891. The summed E-state index contributed by atoms with van der Waals surface area (Å²) in [6.45, 7) is 6.39. The average molecular weight is 283 g/mol. The summed E-state index contributed by atoms with van der Waals surface area (Å²) >= 11 is 0. The molecule has 0 amide bonds. The topological polar surface area (TPSA) is 21.3 Å². The summed E-state index contributed by atoms with van der Waals surface area (Å²) in [5.41, 5.74) is 6.23. The van der Waals surface area contributed by atoms with E-state index in [1.54, 1.807) is 7.11 Å². The molecule has 2 aromatic rings. The van der Waals surface area contributed by atoms with Crippen LogP contribution in [0.1, 0.15) is 23.6 Å². The van der Waals surface area contributed by atoms with Gasteiger partial charge in [-0.15, -0.1) is 0 Å². The molecule has 21 heavy (non-hydrogen) atoms. The van der Waals surface area contributed by atoms with Gasteiger partial charge in [-0.05, 0) is 74.2 Å². The van der Waals surface area contributed by atoms with Gasteiger partial charge >= 0.3 is 0 Å². The van der Waals surface area contributed by atoms with Crippen LogP contribution in [0.2, 0.25) is 0 Å². The van der Waals surface area contributed by atoms with Crippen molar-refractivity contribution in [2.75, 3.05) is 14.2 Å². The SMILES string of the molecule is CNC(C)Cc1ccc(-c2cc(C)c(OC)c(C)c2)cc1. The fourth-order valence-corrected chi connectivity index (χ4v) is 2.73. The van der Waals surface area contributed by atoms with Gasteiger partial charge in [0, 0.05) is 6.04 Å². The maximum absolute atomic E-state index is 5.43. The predicted octanol–water partition coefficient (Wildman–Crippen LogP) is 4.13. The van der Waals surface area contributed by atoms with Crippen LogP contribution in [0.3, 0.4) is 0 Å². The van der Waals surface area contributed by atoms with Crippen molar-refractivity contribution in [1.29, 1.82) is 0 Å². The molecule has 0 spiro atoms. The lowest BCUT2D eigenvalue weighted by atomic mass is 9.97. The normalized spacial score (nSPS) is 12.2. The molecular weight excluding hydrogens is 258 g/mol. The van der Waals surface area contributed by atoms with E-state index < -0.39 is 0 Å². The highest BCUT2D eigenvalue weighted by molar-refractivity contribution is 5.67. The molecule has 2 rings (SSSR count). The van der Waals surface area contributed by atoms with Gasteiger partial charge in [-0.25, -0.2) is 0 Å². The van der Waals surface area contributed by atoms with Crippen LogP contribution in [0.25, 0.3) is 11.1 Å². The Bertz CT molecular complexity index is 578. The van der Waals surface area contributed by atoms with Crippen LogP contribution in [-0.2, 0) is 6.42 Å². The lowest BCUT2D eigenvalue weighted by Gasteiger charge is -2.13. The molecular formula is C19H25NO. The molecule has 0 bridgehead atoms. The third-order valence-electron chi connectivity index (χ3n) is 3.99. The average Bonchev–Trinajstić information content (AvgIpc) is 2.47. The minimum atomic E-state index is 0.501. The van der Waals surface area contributed by atoms with E-state index >= 15 is 0 Å². The van der Waals surface area contributed by atoms with Crippen molar-refractivity contribution >= 4 is 0 Å². The summed E-state index contributed by atoms with van der Waals surface area (Å²) in [6, 6.07) is 13.7. The second-order valence-electron chi connectivity index (χ2n) is 5.73. The fraction of sp³-hybridized carbons (Fsp3) is 0.368. The van der Waals surface area contributed by atoms with Crippen LogP contribution in [0.4, 0.5) is 0 Å². The van der Waals surface area contributed by atoms with E-state index in [1.165, 1.54) is 27.8 Å². The van der Waals surface area contributed by atoms with Crippen molar-refractivity contribution in [3.05, 3.63) is 53.1 Å². The predicted molar refractivity (Wildman–Crippen MR) is 90.1 cm³/mol. The monoisotopic (exact) mass is 283 g/mol. The van der Waals surface area contributed by atoms with Gasteiger partial charge in [-0.1, -0.05) is 24.3 Å². The molecule has 0 aromatic heterocycles. The summed E-state index contributed by atoms with van der Waals surface area (Å²) in [4.78, 5) is 0.